The highest BCUT2D eigenvalue weighted by molar-refractivity contribution is 7.88. The molecule has 0 atom stereocenters. The van der Waals surface area contributed by atoms with Crippen molar-refractivity contribution in [2.75, 3.05) is 6.26 Å². The van der Waals surface area contributed by atoms with Gasteiger partial charge in [0.25, 0.3) is 0 Å². The number of ether oxygens (including phenoxy) is 1. The molecule has 0 aliphatic heterocycles. The molecular weight excluding hydrogens is 593 g/mol. The Bertz CT molecular complexity index is 2290. The van der Waals surface area contributed by atoms with Crippen LogP contribution in [0, 0.1) is 5.82 Å². The zero-order valence-electron chi connectivity index (χ0n) is 24.0. The predicted molar refractivity (Wildman–Crippen MR) is 170 cm³/mol. The standard InChI is InChI=1S/C33H26FN7O3S/c1-45(42,43)38-15-21-9-22(11-24(34)10-21)26-7-8-36-33-27(26)13-30(39-33)32-28-14-29(37-18-31(28)40-41-32)23-12-25(17-35-16-23)44-19-20-5-3-2-4-6-20/h2-14,16-18,38H,15,19H2,1H3,(H,36,39)(H,40,41). The van der Waals surface area contributed by atoms with Crippen LogP contribution in [0.1, 0.15) is 11.1 Å². The van der Waals surface area contributed by atoms with E-state index in [1.165, 1.54) is 12.1 Å². The summed E-state index contributed by atoms with van der Waals surface area (Å²) >= 11 is 0. The number of halogens is 1. The third kappa shape index (κ3) is 6.14. The zero-order chi connectivity index (χ0) is 31.0. The maximum Gasteiger partial charge on any atom is 0.209 e. The summed E-state index contributed by atoms with van der Waals surface area (Å²) in [6.45, 7) is 0.401. The number of nitrogens with zero attached hydrogens (tertiary/aromatic N) is 4. The monoisotopic (exact) mass is 619 g/mol. The molecule has 5 aromatic heterocycles. The van der Waals surface area contributed by atoms with Crippen molar-refractivity contribution in [3.05, 3.63) is 115 Å². The first-order valence-corrected chi connectivity index (χ1v) is 15.9. The van der Waals surface area contributed by atoms with Gasteiger partial charge in [-0.2, -0.15) is 5.10 Å². The number of fused-ring (bicyclic) bond motifs is 2. The Morgan fingerprint density at radius 1 is 0.889 bits per heavy atom. The number of pyridine rings is 3. The molecule has 0 radical (unpaired) electrons. The van der Waals surface area contributed by atoms with Gasteiger partial charge in [-0.15, -0.1) is 0 Å². The van der Waals surface area contributed by atoms with Crippen LogP contribution in [0.2, 0.25) is 0 Å². The van der Waals surface area contributed by atoms with Gasteiger partial charge in [-0.1, -0.05) is 30.3 Å². The number of hydrogen-bond acceptors (Lipinski definition) is 7. The number of aromatic amines is 2. The van der Waals surface area contributed by atoms with Crippen LogP contribution in [0.4, 0.5) is 4.39 Å². The van der Waals surface area contributed by atoms with Crippen molar-refractivity contribution in [2.24, 2.45) is 0 Å². The van der Waals surface area contributed by atoms with Gasteiger partial charge in [0.15, 0.2) is 0 Å². The van der Waals surface area contributed by atoms with Gasteiger partial charge >= 0.3 is 0 Å². The lowest BCUT2D eigenvalue weighted by atomic mass is 10.0. The number of H-pyrrole nitrogens is 2. The molecule has 0 unspecified atom stereocenters. The van der Waals surface area contributed by atoms with Crippen LogP contribution >= 0.6 is 0 Å². The maximum atomic E-state index is 14.6. The van der Waals surface area contributed by atoms with Crippen LogP contribution in [0.25, 0.3) is 55.7 Å². The smallest absolute Gasteiger partial charge is 0.209 e. The van der Waals surface area contributed by atoms with Crippen molar-refractivity contribution in [1.82, 2.24) is 34.9 Å². The van der Waals surface area contributed by atoms with Crippen LogP contribution in [-0.4, -0.2) is 44.8 Å². The molecule has 0 amide bonds. The van der Waals surface area contributed by atoms with E-state index in [2.05, 4.69) is 34.9 Å². The minimum atomic E-state index is -3.44. The number of benzene rings is 2. The van der Waals surface area contributed by atoms with Crippen molar-refractivity contribution in [3.8, 4) is 39.5 Å². The molecule has 0 fully saturated rings. The molecule has 12 heteroatoms. The minimum Gasteiger partial charge on any atom is -0.487 e. The fourth-order valence-electron chi connectivity index (χ4n) is 5.19. The zero-order valence-corrected chi connectivity index (χ0v) is 24.8. The molecule has 0 bridgehead atoms. The van der Waals surface area contributed by atoms with Gasteiger partial charge in [0.05, 0.1) is 35.6 Å². The van der Waals surface area contributed by atoms with Crippen LogP contribution in [0.5, 0.6) is 5.75 Å². The van der Waals surface area contributed by atoms with E-state index < -0.39 is 15.8 Å². The second-order valence-corrected chi connectivity index (χ2v) is 12.4. The predicted octanol–water partition coefficient (Wildman–Crippen LogP) is 6.00. The van der Waals surface area contributed by atoms with E-state index >= 15 is 0 Å². The summed E-state index contributed by atoms with van der Waals surface area (Å²) in [5.41, 5.74) is 7.11. The van der Waals surface area contributed by atoms with Gasteiger partial charge in [-0.25, -0.2) is 22.5 Å². The molecular formula is C33H26FN7O3S. The molecule has 7 aromatic rings. The second-order valence-electron chi connectivity index (χ2n) is 10.6. The van der Waals surface area contributed by atoms with Crippen molar-refractivity contribution in [1.29, 1.82) is 0 Å². The first-order valence-electron chi connectivity index (χ1n) is 14.0. The van der Waals surface area contributed by atoms with Gasteiger partial charge in [0.2, 0.25) is 10.0 Å². The van der Waals surface area contributed by atoms with E-state index in [-0.39, 0.29) is 6.54 Å². The minimum absolute atomic E-state index is 0.0244. The first kappa shape index (κ1) is 28.3. The van der Waals surface area contributed by atoms with E-state index in [0.29, 0.717) is 46.2 Å². The van der Waals surface area contributed by atoms with Gasteiger partial charge in [0.1, 0.15) is 29.5 Å². The van der Waals surface area contributed by atoms with E-state index in [9.17, 15) is 12.8 Å². The Balaban J connectivity index is 1.22. The molecule has 0 spiro atoms. The van der Waals surface area contributed by atoms with Crippen molar-refractivity contribution < 1.29 is 17.5 Å². The van der Waals surface area contributed by atoms with E-state index in [1.54, 1.807) is 36.9 Å². The van der Waals surface area contributed by atoms with Crippen LogP contribution in [-0.2, 0) is 23.2 Å². The maximum absolute atomic E-state index is 14.6. The Hall–Kier alpha value is -5.46. The van der Waals surface area contributed by atoms with Crippen LogP contribution in [0.15, 0.2) is 97.6 Å². The molecule has 10 nitrogen and oxygen atoms in total. The Morgan fingerprint density at radius 3 is 2.60 bits per heavy atom. The highest BCUT2D eigenvalue weighted by Crippen LogP contribution is 2.35. The summed E-state index contributed by atoms with van der Waals surface area (Å²) in [7, 11) is -3.44. The lowest BCUT2D eigenvalue weighted by Crippen LogP contribution is -2.21. The third-order valence-electron chi connectivity index (χ3n) is 7.30. The summed E-state index contributed by atoms with van der Waals surface area (Å²) in [4.78, 5) is 16.8. The highest BCUT2D eigenvalue weighted by atomic mass is 32.2. The summed E-state index contributed by atoms with van der Waals surface area (Å²) < 4.78 is 46.2. The molecule has 3 N–H and O–H groups in total. The van der Waals surface area contributed by atoms with E-state index in [0.717, 1.165) is 39.2 Å². The topological polar surface area (TPSA) is 139 Å². The number of nitrogens with one attached hydrogen (secondary N) is 3. The van der Waals surface area contributed by atoms with Crippen LogP contribution < -0.4 is 9.46 Å². The molecule has 45 heavy (non-hydrogen) atoms. The second kappa shape index (κ2) is 11.6. The quantitative estimate of drug-likeness (QED) is 0.180. The number of rotatable bonds is 9. The fourth-order valence-corrected chi connectivity index (χ4v) is 5.62. The summed E-state index contributed by atoms with van der Waals surface area (Å²) in [6.07, 6.45) is 7.84. The van der Waals surface area contributed by atoms with Gasteiger partial charge in [-0.3, -0.25) is 15.1 Å². The van der Waals surface area contributed by atoms with Crippen molar-refractivity contribution in [2.45, 2.75) is 13.2 Å². The fraction of sp³-hybridized carbons (Fsp3) is 0.0909. The van der Waals surface area contributed by atoms with Crippen molar-refractivity contribution >= 4 is 32.0 Å². The first-order chi connectivity index (χ1) is 21.8. The van der Waals surface area contributed by atoms with Gasteiger partial charge in [0, 0.05) is 35.3 Å². The number of hydrogen-bond donors (Lipinski definition) is 3. The van der Waals surface area contributed by atoms with Gasteiger partial charge < -0.3 is 9.72 Å². The summed E-state index contributed by atoms with van der Waals surface area (Å²) in [5, 5.41) is 9.21. The number of sulfonamides is 1. The molecule has 7 rings (SSSR count). The van der Waals surface area contributed by atoms with Crippen LogP contribution in [0.3, 0.4) is 0 Å². The Kier molecular flexibility index (Phi) is 7.28. The summed E-state index contributed by atoms with van der Waals surface area (Å²) in [5.74, 6) is 0.161. The number of aromatic nitrogens is 6. The average molecular weight is 620 g/mol. The van der Waals surface area contributed by atoms with E-state index in [4.69, 9.17) is 4.74 Å². The largest absolute Gasteiger partial charge is 0.487 e. The highest BCUT2D eigenvalue weighted by Gasteiger charge is 2.17. The van der Waals surface area contributed by atoms with Gasteiger partial charge in [-0.05, 0) is 64.7 Å². The average Bonchev–Trinajstić information content (AvgIpc) is 3.67. The molecule has 0 aliphatic rings. The molecule has 224 valence electrons. The Morgan fingerprint density at radius 2 is 1.76 bits per heavy atom. The molecule has 0 saturated heterocycles. The summed E-state index contributed by atoms with van der Waals surface area (Å²) in [6, 6.07) is 22.0. The Labute approximate surface area is 257 Å². The van der Waals surface area contributed by atoms with E-state index in [1.807, 2.05) is 48.5 Å². The SMILES string of the molecule is CS(=O)(=O)NCc1cc(F)cc(-c2ccnc3[nH]c(-c4n[nH]c5cnc(-c6cncc(OCc7ccccc7)c6)cc45)cc23)c1. The van der Waals surface area contributed by atoms with Crippen molar-refractivity contribution in [3.63, 3.8) is 0 Å². The lowest BCUT2D eigenvalue weighted by molar-refractivity contribution is 0.305. The molecule has 5 heterocycles. The third-order valence-corrected chi connectivity index (χ3v) is 7.97. The molecule has 2 aromatic carbocycles. The molecule has 0 aliphatic carbocycles. The molecule has 0 saturated carbocycles. The normalized spacial score (nSPS) is 11.8. The lowest BCUT2D eigenvalue weighted by Gasteiger charge is -2.08.